The Morgan fingerprint density at radius 1 is 1.33 bits per heavy atom. The number of hydrogen-bond acceptors (Lipinski definition) is 4. The molecule has 2 fully saturated rings. The standard InChI is InChI=1S/C17H32N2O2/c1-5-21-17(20)16(18-15-6-7-15)8-9-19-11-12(2)10-13(3)14(19)4/h12-16,18H,5-11H2,1-4H3. The molecule has 1 saturated heterocycles. The molecule has 1 aliphatic heterocycles. The summed E-state index contributed by atoms with van der Waals surface area (Å²) in [5.41, 5.74) is 0. The quantitative estimate of drug-likeness (QED) is 0.733. The minimum Gasteiger partial charge on any atom is -0.465 e. The molecule has 4 unspecified atom stereocenters. The van der Waals surface area contributed by atoms with Gasteiger partial charge in [0.25, 0.3) is 0 Å². The van der Waals surface area contributed by atoms with Crippen LogP contribution in [0.2, 0.25) is 0 Å². The molecule has 122 valence electrons. The molecule has 0 amide bonds. The van der Waals surface area contributed by atoms with Crippen LogP contribution < -0.4 is 5.32 Å². The first-order chi connectivity index (χ1) is 10.0. The Morgan fingerprint density at radius 2 is 2.05 bits per heavy atom. The van der Waals surface area contributed by atoms with Crippen LogP contribution in [0.5, 0.6) is 0 Å². The Hall–Kier alpha value is -0.610. The van der Waals surface area contributed by atoms with E-state index in [1.807, 2.05) is 6.92 Å². The lowest BCUT2D eigenvalue weighted by Crippen LogP contribution is -2.48. The summed E-state index contributed by atoms with van der Waals surface area (Å²) in [5, 5.41) is 3.45. The third-order valence-electron chi connectivity index (χ3n) is 5.01. The molecule has 0 bridgehead atoms. The second-order valence-corrected chi connectivity index (χ2v) is 7.09. The first kappa shape index (κ1) is 16.8. The van der Waals surface area contributed by atoms with Gasteiger partial charge in [-0.05, 0) is 51.4 Å². The molecule has 4 heteroatoms. The number of esters is 1. The summed E-state index contributed by atoms with van der Waals surface area (Å²) in [6.07, 6.45) is 4.58. The van der Waals surface area contributed by atoms with Gasteiger partial charge in [-0.15, -0.1) is 0 Å². The fourth-order valence-corrected chi connectivity index (χ4v) is 3.47. The summed E-state index contributed by atoms with van der Waals surface area (Å²) < 4.78 is 5.22. The Balaban J connectivity index is 1.85. The molecule has 1 N–H and O–H groups in total. The van der Waals surface area contributed by atoms with E-state index in [0.717, 1.165) is 31.3 Å². The van der Waals surface area contributed by atoms with E-state index in [2.05, 4.69) is 31.0 Å². The van der Waals surface area contributed by atoms with Gasteiger partial charge in [0.15, 0.2) is 0 Å². The average molecular weight is 296 g/mol. The highest BCUT2D eigenvalue weighted by Crippen LogP contribution is 2.27. The number of carbonyl (C=O) groups excluding carboxylic acids is 1. The Labute approximate surface area is 129 Å². The van der Waals surface area contributed by atoms with Crippen molar-refractivity contribution in [3.05, 3.63) is 0 Å². The molecule has 0 radical (unpaired) electrons. The van der Waals surface area contributed by atoms with Gasteiger partial charge in [0.1, 0.15) is 6.04 Å². The van der Waals surface area contributed by atoms with Gasteiger partial charge in [0.05, 0.1) is 6.61 Å². The first-order valence-electron chi connectivity index (χ1n) is 8.68. The molecule has 0 aromatic rings. The monoisotopic (exact) mass is 296 g/mol. The molecule has 1 saturated carbocycles. The van der Waals surface area contributed by atoms with Crippen LogP contribution in [0, 0.1) is 11.8 Å². The van der Waals surface area contributed by atoms with Crippen molar-refractivity contribution in [1.29, 1.82) is 0 Å². The van der Waals surface area contributed by atoms with Gasteiger partial charge in [-0.2, -0.15) is 0 Å². The molecule has 0 spiro atoms. The molecular formula is C17H32N2O2. The summed E-state index contributed by atoms with van der Waals surface area (Å²) >= 11 is 0. The summed E-state index contributed by atoms with van der Waals surface area (Å²) in [4.78, 5) is 14.6. The van der Waals surface area contributed by atoms with Gasteiger partial charge in [-0.25, -0.2) is 0 Å². The zero-order valence-electron chi connectivity index (χ0n) is 14.1. The molecule has 0 aromatic heterocycles. The molecule has 1 heterocycles. The van der Waals surface area contributed by atoms with Gasteiger partial charge in [0.2, 0.25) is 0 Å². The number of likely N-dealkylation sites (tertiary alicyclic amines) is 1. The maximum Gasteiger partial charge on any atom is 0.323 e. The smallest absolute Gasteiger partial charge is 0.323 e. The van der Waals surface area contributed by atoms with E-state index < -0.39 is 0 Å². The third kappa shape index (κ3) is 4.96. The fraction of sp³-hybridized carbons (Fsp3) is 0.941. The fourth-order valence-electron chi connectivity index (χ4n) is 3.47. The van der Waals surface area contributed by atoms with Crippen LogP contribution in [-0.2, 0) is 9.53 Å². The molecular weight excluding hydrogens is 264 g/mol. The Bertz CT molecular complexity index is 344. The molecule has 2 aliphatic rings. The summed E-state index contributed by atoms with van der Waals surface area (Å²) in [6, 6.07) is 1.03. The predicted molar refractivity (Wildman–Crippen MR) is 85.2 cm³/mol. The van der Waals surface area contributed by atoms with Crippen LogP contribution in [0.25, 0.3) is 0 Å². The van der Waals surface area contributed by atoms with Gasteiger partial charge >= 0.3 is 5.97 Å². The van der Waals surface area contributed by atoms with Crippen molar-refractivity contribution in [2.24, 2.45) is 11.8 Å². The minimum atomic E-state index is -0.128. The molecule has 21 heavy (non-hydrogen) atoms. The number of nitrogens with one attached hydrogen (secondary N) is 1. The highest BCUT2D eigenvalue weighted by molar-refractivity contribution is 5.75. The van der Waals surface area contributed by atoms with Crippen molar-refractivity contribution in [2.75, 3.05) is 19.7 Å². The number of hydrogen-bond donors (Lipinski definition) is 1. The van der Waals surface area contributed by atoms with Crippen LogP contribution >= 0.6 is 0 Å². The molecule has 4 nitrogen and oxygen atoms in total. The molecule has 2 rings (SSSR count). The number of ether oxygens (including phenoxy) is 1. The lowest BCUT2D eigenvalue weighted by atomic mass is 9.86. The van der Waals surface area contributed by atoms with Crippen molar-refractivity contribution in [1.82, 2.24) is 10.2 Å². The highest BCUT2D eigenvalue weighted by Gasteiger charge is 2.32. The van der Waals surface area contributed by atoms with Crippen molar-refractivity contribution in [3.8, 4) is 0 Å². The predicted octanol–water partition coefficient (Wildman–Crippen LogP) is 2.43. The van der Waals surface area contributed by atoms with E-state index in [-0.39, 0.29) is 12.0 Å². The second kappa shape index (κ2) is 7.59. The summed E-state index contributed by atoms with van der Waals surface area (Å²) in [7, 11) is 0. The van der Waals surface area contributed by atoms with E-state index in [0.29, 0.717) is 18.7 Å². The summed E-state index contributed by atoms with van der Waals surface area (Å²) in [6.45, 7) is 11.5. The lowest BCUT2D eigenvalue weighted by Gasteiger charge is -2.41. The average Bonchev–Trinajstić information content (AvgIpc) is 3.23. The maximum absolute atomic E-state index is 12.1. The van der Waals surface area contributed by atoms with E-state index >= 15 is 0 Å². The number of piperidine rings is 1. The summed E-state index contributed by atoms with van der Waals surface area (Å²) in [5.74, 6) is 1.43. The lowest BCUT2D eigenvalue weighted by molar-refractivity contribution is -0.146. The van der Waals surface area contributed by atoms with Crippen LogP contribution in [0.15, 0.2) is 0 Å². The zero-order chi connectivity index (χ0) is 15.4. The highest BCUT2D eigenvalue weighted by atomic mass is 16.5. The molecule has 1 aliphatic carbocycles. The van der Waals surface area contributed by atoms with Crippen LogP contribution in [0.4, 0.5) is 0 Å². The van der Waals surface area contributed by atoms with Crippen molar-refractivity contribution >= 4 is 5.97 Å². The van der Waals surface area contributed by atoms with E-state index in [9.17, 15) is 4.79 Å². The van der Waals surface area contributed by atoms with Gasteiger partial charge < -0.3 is 15.0 Å². The van der Waals surface area contributed by atoms with Gasteiger partial charge in [0, 0.05) is 25.2 Å². The zero-order valence-corrected chi connectivity index (χ0v) is 14.1. The Kier molecular flexibility index (Phi) is 6.06. The van der Waals surface area contributed by atoms with Gasteiger partial charge in [-0.1, -0.05) is 13.8 Å². The normalized spacial score (nSPS) is 31.9. The second-order valence-electron chi connectivity index (χ2n) is 7.09. The van der Waals surface area contributed by atoms with Crippen molar-refractivity contribution in [2.45, 2.75) is 71.5 Å². The van der Waals surface area contributed by atoms with E-state index in [1.54, 1.807) is 0 Å². The van der Waals surface area contributed by atoms with Crippen molar-refractivity contribution in [3.63, 3.8) is 0 Å². The number of nitrogens with zero attached hydrogens (tertiary/aromatic N) is 1. The third-order valence-corrected chi connectivity index (χ3v) is 5.01. The van der Waals surface area contributed by atoms with Crippen molar-refractivity contribution < 1.29 is 9.53 Å². The van der Waals surface area contributed by atoms with E-state index in [4.69, 9.17) is 4.74 Å². The number of carbonyl (C=O) groups is 1. The SMILES string of the molecule is CCOC(=O)C(CCN1CC(C)CC(C)C1C)NC1CC1. The van der Waals surface area contributed by atoms with Gasteiger partial charge in [-0.3, -0.25) is 4.79 Å². The topological polar surface area (TPSA) is 41.6 Å². The largest absolute Gasteiger partial charge is 0.465 e. The van der Waals surface area contributed by atoms with Crippen LogP contribution in [-0.4, -0.2) is 48.7 Å². The number of rotatable bonds is 7. The molecule has 4 atom stereocenters. The minimum absolute atomic E-state index is 0.0739. The van der Waals surface area contributed by atoms with E-state index in [1.165, 1.54) is 19.3 Å². The maximum atomic E-state index is 12.1. The Morgan fingerprint density at radius 3 is 2.67 bits per heavy atom. The molecule has 0 aromatic carbocycles. The first-order valence-corrected chi connectivity index (χ1v) is 8.68. The van der Waals surface area contributed by atoms with Crippen LogP contribution in [0.1, 0.15) is 53.4 Å². The van der Waals surface area contributed by atoms with Crippen LogP contribution in [0.3, 0.4) is 0 Å².